The molecule has 0 aliphatic carbocycles. The van der Waals surface area contributed by atoms with E-state index in [4.69, 9.17) is 4.74 Å². The molecule has 0 unspecified atom stereocenters. The van der Waals surface area contributed by atoms with Crippen LogP contribution in [0, 0.1) is 11.8 Å². The zero-order valence-corrected chi connectivity index (χ0v) is 11.8. The first-order chi connectivity index (χ1) is 8.44. The van der Waals surface area contributed by atoms with Crippen molar-refractivity contribution in [1.29, 1.82) is 0 Å². The summed E-state index contributed by atoms with van der Waals surface area (Å²) in [6, 6.07) is 0. The van der Waals surface area contributed by atoms with E-state index in [9.17, 15) is 4.79 Å². The van der Waals surface area contributed by atoms with Gasteiger partial charge in [0.15, 0.2) is 5.60 Å². The van der Waals surface area contributed by atoms with Gasteiger partial charge in [-0.25, -0.2) is 0 Å². The Kier molecular flexibility index (Phi) is 5.43. The topological polar surface area (TPSA) is 30.7 Å². The molecule has 1 atom stereocenters. The molecule has 0 spiro atoms. The number of hydrogen-bond donors (Lipinski definition) is 1. The second-order valence-electron chi connectivity index (χ2n) is 5.20. The van der Waals surface area contributed by atoms with Gasteiger partial charge in [0, 0.05) is 6.92 Å². The lowest BCUT2D eigenvalue weighted by molar-refractivity contribution is -0.897. The fourth-order valence-electron chi connectivity index (χ4n) is 2.07. The van der Waals surface area contributed by atoms with Crippen LogP contribution in [-0.4, -0.2) is 31.2 Å². The minimum Gasteiger partial charge on any atom is -0.442 e. The highest BCUT2D eigenvalue weighted by molar-refractivity contribution is 5.67. The average Bonchev–Trinajstić information content (AvgIpc) is 2.29. The Hall–Kier alpha value is -1.27. The summed E-state index contributed by atoms with van der Waals surface area (Å²) in [6.07, 6.45) is 3.92. The minimum atomic E-state index is -0.846. The Morgan fingerprint density at radius 3 is 2.44 bits per heavy atom. The van der Waals surface area contributed by atoms with E-state index in [2.05, 4.69) is 18.4 Å². The highest BCUT2D eigenvalue weighted by Crippen LogP contribution is 2.18. The van der Waals surface area contributed by atoms with Crippen molar-refractivity contribution in [3.8, 4) is 11.8 Å². The summed E-state index contributed by atoms with van der Waals surface area (Å²) in [5.41, 5.74) is -0.0834. The van der Waals surface area contributed by atoms with Crippen LogP contribution in [-0.2, 0) is 9.53 Å². The second kappa shape index (κ2) is 6.61. The van der Waals surface area contributed by atoms with E-state index < -0.39 is 5.60 Å². The third kappa shape index (κ3) is 4.54. The minimum absolute atomic E-state index is 0.319. The Balaban J connectivity index is 2.60. The van der Waals surface area contributed by atoms with Gasteiger partial charge in [-0.3, -0.25) is 4.79 Å². The molecule has 3 heteroatoms. The van der Waals surface area contributed by atoms with E-state index in [-0.39, 0.29) is 5.97 Å². The fourth-order valence-corrected chi connectivity index (χ4v) is 2.07. The summed E-state index contributed by atoms with van der Waals surface area (Å²) in [4.78, 5) is 12.6. The molecular weight excluding hydrogens is 226 g/mol. The van der Waals surface area contributed by atoms with Crippen LogP contribution >= 0.6 is 0 Å². The molecule has 0 aromatic heterocycles. The molecule has 1 rings (SSSR count). The van der Waals surface area contributed by atoms with Crippen molar-refractivity contribution < 1.29 is 14.4 Å². The van der Waals surface area contributed by atoms with Gasteiger partial charge in [0.1, 0.15) is 6.54 Å². The summed E-state index contributed by atoms with van der Waals surface area (Å²) in [5.74, 6) is 5.90. The highest BCUT2D eigenvalue weighted by Gasteiger charge is 2.26. The predicted octanol–water partition coefficient (Wildman–Crippen LogP) is 0.956. The van der Waals surface area contributed by atoms with Crippen LogP contribution in [0.2, 0.25) is 0 Å². The van der Waals surface area contributed by atoms with E-state index in [0.29, 0.717) is 0 Å². The number of esters is 1. The van der Waals surface area contributed by atoms with Crippen molar-refractivity contribution >= 4 is 5.97 Å². The molecule has 0 saturated carbocycles. The molecule has 1 heterocycles. The molecule has 1 aliphatic rings. The molecule has 0 bridgehead atoms. The lowest BCUT2D eigenvalue weighted by Gasteiger charge is -2.24. The monoisotopic (exact) mass is 250 g/mol. The number of nitrogens with one attached hydrogen (secondary N) is 1. The maximum Gasteiger partial charge on any atom is 0.304 e. The smallest absolute Gasteiger partial charge is 0.304 e. The number of piperidine rings is 1. The highest BCUT2D eigenvalue weighted by atomic mass is 16.6. The van der Waals surface area contributed by atoms with E-state index in [1.165, 1.54) is 44.2 Å². The van der Waals surface area contributed by atoms with Gasteiger partial charge < -0.3 is 9.64 Å². The van der Waals surface area contributed by atoms with Gasteiger partial charge in [0.05, 0.1) is 13.1 Å². The number of ether oxygens (including phenoxy) is 1. The van der Waals surface area contributed by atoms with E-state index >= 15 is 0 Å². The average molecular weight is 250 g/mol. The molecule has 1 aliphatic heterocycles. The third-order valence-electron chi connectivity index (χ3n) is 3.39. The fraction of sp³-hybridized carbons (Fsp3) is 0.667. The molecule has 3 nitrogen and oxygen atoms in total. The number of rotatable bonds is 3. The van der Waals surface area contributed by atoms with Crippen molar-refractivity contribution in [2.24, 2.45) is 0 Å². The first-order valence-electron chi connectivity index (χ1n) is 6.63. The molecule has 0 aromatic rings. The lowest BCUT2D eigenvalue weighted by Crippen LogP contribution is -3.12. The zero-order valence-electron chi connectivity index (χ0n) is 11.8. The third-order valence-corrected chi connectivity index (χ3v) is 3.39. The predicted molar refractivity (Wildman–Crippen MR) is 72.2 cm³/mol. The molecule has 0 aromatic carbocycles. The van der Waals surface area contributed by atoms with Crippen LogP contribution in [0.25, 0.3) is 0 Å². The summed E-state index contributed by atoms with van der Waals surface area (Å²) < 4.78 is 5.27. The van der Waals surface area contributed by atoms with Gasteiger partial charge >= 0.3 is 5.97 Å². The molecule has 100 valence electrons. The largest absolute Gasteiger partial charge is 0.442 e. The lowest BCUT2D eigenvalue weighted by atomic mass is 9.99. The van der Waals surface area contributed by atoms with Gasteiger partial charge in [-0.05, 0) is 50.5 Å². The summed E-state index contributed by atoms with van der Waals surface area (Å²) in [5, 5.41) is 0. The quantitative estimate of drug-likeness (QED) is 0.459. The van der Waals surface area contributed by atoms with Crippen LogP contribution in [0.5, 0.6) is 0 Å². The van der Waals surface area contributed by atoms with Gasteiger partial charge in [0.2, 0.25) is 0 Å². The molecule has 0 radical (unpaired) electrons. The van der Waals surface area contributed by atoms with Gasteiger partial charge in [-0.1, -0.05) is 6.58 Å². The number of quaternary nitrogens is 1. The summed E-state index contributed by atoms with van der Waals surface area (Å²) >= 11 is 0. The van der Waals surface area contributed by atoms with Crippen molar-refractivity contribution in [2.45, 2.75) is 45.6 Å². The van der Waals surface area contributed by atoms with Crippen molar-refractivity contribution in [3.63, 3.8) is 0 Å². The molecular formula is C15H24NO2+. The van der Waals surface area contributed by atoms with E-state index in [1.54, 1.807) is 6.92 Å². The number of likely N-dealkylation sites (tertiary alicyclic amines) is 1. The number of carbonyl (C=O) groups excluding carboxylic acids is 1. The SMILES string of the molecule is C=C(C)[C@](C)(C#CC[NH+]1CCCCC1)OC(C)=O. The van der Waals surface area contributed by atoms with E-state index in [1.807, 2.05) is 6.92 Å². The van der Waals surface area contributed by atoms with Crippen LogP contribution < -0.4 is 4.90 Å². The van der Waals surface area contributed by atoms with Crippen molar-refractivity contribution in [2.75, 3.05) is 19.6 Å². The first kappa shape index (κ1) is 14.8. The Morgan fingerprint density at radius 1 is 1.33 bits per heavy atom. The van der Waals surface area contributed by atoms with Crippen molar-refractivity contribution in [1.82, 2.24) is 0 Å². The van der Waals surface area contributed by atoms with Crippen LogP contribution in [0.15, 0.2) is 12.2 Å². The van der Waals surface area contributed by atoms with Gasteiger partial charge in [-0.2, -0.15) is 0 Å². The molecule has 1 N–H and O–H groups in total. The summed E-state index contributed by atoms with van der Waals surface area (Å²) in [6.45, 7) is 12.1. The normalized spacial score (nSPS) is 19.3. The van der Waals surface area contributed by atoms with Gasteiger partial charge in [-0.15, -0.1) is 0 Å². The molecule has 1 fully saturated rings. The Labute approximate surface area is 110 Å². The number of carbonyl (C=O) groups is 1. The molecule has 18 heavy (non-hydrogen) atoms. The Bertz CT molecular complexity index is 372. The van der Waals surface area contributed by atoms with Crippen LogP contribution in [0.3, 0.4) is 0 Å². The van der Waals surface area contributed by atoms with Crippen LogP contribution in [0.1, 0.15) is 40.0 Å². The van der Waals surface area contributed by atoms with Gasteiger partial charge in [0.25, 0.3) is 0 Å². The zero-order chi connectivity index (χ0) is 13.6. The standard InChI is InChI=1S/C15H23NO2/c1-13(2)15(4,18-14(3)17)9-8-12-16-10-6-5-7-11-16/h1,5-7,10-12H2,2-4H3/p+1/t15-/m0/s1. The van der Waals surface area contributed by atoms with E-state index in [0.717, 1.165) is 12.1 Å². The van der Waals surface area contributed by atoms with Crippen LogP contribution in [0.4, 0.5) is 0 Å². The van der Waals surface area contributed by atoms with Crippen molar-refractivity contribution in [3.05, 3.63) is 12.2 Å². The Morgan fingerprint density at radius 2 is 1.94 bits per heavy atom. The molecule has 1 saturated heterocycles. The first-order valence-corrected chi connectivity index (χ1v) is 6.63. The summed E-state index contributed by atoms with van der Waals surface area (Å²) in [7, 11) is 0. The number of hydrogen-bond acceptors (Lipinski definition) is 2. The second-order valence-corrected chi connectivity index (χ2v) is 5.20. The molecule has 0 amide bonds. The maximum absolute atomic E-state index is 11.1. The maximum atomic E-state index is 11.1.